The summed E-state index contributed by atoms with van der Waals surface area (Å²) in [5.41, 5.74) is 8.08. The highest BCUT2D eigenvalue weighted by Crippen LogP contribution is 2.62. The molecule has 0 spiro atoms. The number of amides is 1. The number of hydrogen-bond donors (Lipinski definition) is 1. The van der Waals surface area contributed by atoms with Gasteiger partial charge in [-0.25, -0.2) is 9.97 Å². The second-order valence-corrected chi connectivity index (χ2v) is 7.51. The quantitative estimate of drug-likeness (QED) is 0.912. The van der Waals surface area contributed by atoms with Crippen molar-refractivity contribution in [3.63, 3.8) is 0 Å². The monoisotopic (exact) mass is 326 g/mol. The van der Waals surface area contributed by atoms with Crippen LogP contribution in [0.3, 0.4) is 0 Å². The fraction of sp³-hybridized carbons (Fsp3) is 0.529. The third kappa shape index (κ3) is 2.35. The van der Waals surface area contributed by atoms with Crippen molar-refractivity contribution < 1.29 is 4.79 Å². The molecule has 1 saturated carbocycles. The molecule has 2 atom stereocenters. The Balaban J connectivity index is 1.47. The summed E-state index contributed by atoms with van der Waals surface area (Å²) in [7, 11) is 0. The van der Waals surface area contributed by atoms with E-state index in [4.69, 9.17) is 5.73 Å². The summed E-state index contributed by atoms with van der Waals surface area (Å²) in [5, 5.41) is 4.16. The van der Waals surface area contributed by atoms with E-state index in [1.165, 1.54) is 6.20 Å². The highest BCUT2D eigenvalue weighted by atomic mass is 16.1. The van der Waals surface area contributed by atoms with Gasteiger partial charge in [0.25, 0.3) is 5.91 Å². The summed E-state index contributed by atoms with van der Waals surface area (Å²) < 4.78 is 1.68. The molecule has 0 bridgehead atoms. The Morgan fingerprint density at radius 3 is 2.62 bits per heavy atom. The van der Waals surface area contributed by atoms with E-state index in [9.17, 15) is 4.79 Å². The van der Waals surface area contributed by atoms with Crippen molar-refractivity contribution in [1.82, 2.24) is 19.7 Å². The van der Waals surface area contributed by atoms with Crippen LogP contribution in [0.1, 0.15) is 35.5 Å². The number of nitrogens with zero attached hydrogens (tertiary/aromatic N) is 5. The molecule has 7 heteroatoms. The lowest BCUT2D eigenvalue weighted by atomic mass is 10.1. The zero-order valence-electron chi connectivity index (χ0n) is 14.2. The average Bonchev–Trinajstić information content (AvgIpc) is 3.00. The second-order valence-electron chi connectivity index (χ2n) is 7.51. The van der Waals surface area contributed by atoms with Crippen LogP contribution in [0.25, 0.3) is 0 Å². The number of piperidine rings is 1. The molecule has 2 N–H and O–H groups in total. The van der Waals surface area contributed by atoms with E-state index >= 15 is 0 Å². The molecular weight excluding hydrogens is 304 g/mol. The molecule has 2 aromatic heterocycles. The molecule has 1 saturated heterocycles. The highest BCUT2D eigenvalue weighted by Gasteiger charge is 2.62. The molecule has 2 unspecified atom stereocenters. The van der Waals surface area contributed by atoms with E-state index in [1.807, 2.05) is 13.1 Å². The lowest BCUT2D eigenvalue weighted by Crippen LogP contribution is -2.28. The van der Waals surface area contributed by atoms with Gasteiger partial charge in [0, 0.05) is 36.7 Å². The van der Waals surface area contributed by atoms with Crippen LogP contribution in [0.5, 0.6) is 0 Å². The lowest BCUT2D eigenvalue weighted by molar-refractivity contribution is 0.1000. The minimum Gasteiger partial charge on any atom is -0.366 e. The largest absolute Gasteiger partial charge is 0.366 e. The van der Waals surface area contributed by atoms with Crippen molar-refractivity contribution in [2.75, 3.05) is 18.0 Å². The van der Waals surface area contributed by atoms with E-state index in [2.05, 4.69) is 33.8 Å². The first-order chi connectivity index (χ1) is 11.4. The highest BCUT2D eigenvalue weighted by molar-refractivity contribution is 5.92. The predicted octanol–water partition coefficient (Wildman–Crippen LogP) is 1.22. The molecule has 2 fully saturated rings. The zero-order chi connectivity index (χ0) is 17.1. The molecule has 126 valence electrons. The number of primary amides is 1. The zero-order valence-corrected chi connectivity index (χ0v) is 14.2. The van der Waals surface area contributed by atoms with Crippen molar-refractivity contribution in [3.05, 3.63) is 35.4 Å². The Morgan fingerprint density at radius 1 is 1.33 bits per heavy atom. The van der Waals surface area contributed by atoms with Crippen LogP contribution in [0, 0.1) is 24.2 Å². The number of nitrogens with two attached hydrogens (primary N) is 1. The third-order valence-corrected chi connectivity index (χ3v) is 5.72. The van der Waals surface area contributed by atoms with Crippen molar-refractivity contribution in [1.29, 1.82) is 0 Å². The molecule has 24 heavy (non-hydrogen) atoms. The molecular formula is C17H22N6O. The first kappa shape index (κ1) is 15.1. The number of hydrogen-bond acceptors (Lipinski definition) is 5. The van der Waals surface area contributed by atoms with Crippen LogP contribution in [-0.2, 0) is 6.54 Å². The van der Waals surface area contributed by atoms with Gasteiger partial charge >= 0.3 is 0 Å². The Labute approximate surface area is 140 Å². The van der Waals surface area contributed by atoms with Gasteiger partial charge in [-0.3, -0.25) is 9.48 Å². The number of aryl methyl sites for hydroxylation is 1. The van der Waals surface area contributed by atoms with Crippen LogP contribution >= 0.6 is 0 Å². The second kappa shape index (κ2) is 5.03. The fourth-order valence-corrected chi connectivity index (χ4v) is 3.83. The number of carbonyl (C=O) groups excluding carboxylic acids is 1. The van der Waals surface area contributed by atoms with Crippen molar-refractivity contribution in [2.45, 2.75) is 27.3 Å². The Kier molecular flexibility index (Phi) is 3.16. The SMILES string of the molecule is Cc1nc(N2CC3C(C2)C3(C)C)ncc1Cn1cc(C(N)=O)cn1. The predicted molar refractivity (Wildman–Crippen MR) is 89.6 cm³/mol. The summed E-state index contributed by atoms with van der Waals surface area (Å²) in [6.07, 6.45) is 4.98. The maximum absolute atomic E-state index is 11.1. The molecule has 7 nitrogen and oxygen atoms in total. The Hall–Kier alpha value is -2.44. The maximum atomic E-state index is 11.1. The van der Waals surface area contributed by atoms with E-state index in [-0.39, 0.29) is 0 Å². The van der Waals surface area contributed by atoms with Gasteiger partial charge in [0.1, 0.15) is 0 Å². The van der Waals surface area contributed by atoms with Crippen molar-refractivity contribution in [2.24, 2.45) is 23.0 Å². The summed E-state index contributed by atoms with van der Waals surface area (Å²) in [6.45, 7) is 9.31. The van der Waals surface area contributed by atoms with Gasteiger partial charge in [-0.15, -0.1) is 0 Å². The van der Waals surface area contributed by atoms with Gasteiger partial charge in [-0.1, -0.05) is 13.8 Å². The lowest BCUT2D eigenvalue weighted by Gasteiger charge is -2.22. The normalized spacial score (nSPS) is 24.0. The van der Waals surface area contributed by atoms with E-state index < -0.39 is 5.91 Å². The Bertz CT molecular complexity index is 797. The minimum absolute atomic E-state index is 0.407. The van der Waals surface area contributed by atoms with Crippen LogP contribution in [0.15, 0.2) is 18.6 Å². The van der Waals surface area contributed by atoms with Crippen LogP contribution < -0.4 is 10.6 Å². The number of anilines is 1. The van der Waals surface area contributed by atoms with Crippen LogP contribution in [0.4, 0.5) is 5.95 Å². The van der Waals surface area contributed by atoms with Gasteiger partial charge in [0.05, 0.1) is 18.3 Å². The number of aromatic nitrogens is 4. The molecule has 1 aliphatic carbocycles. The molecule has 0 aromatic carbocycles. The maximum Gasteiger partial charge on any atom is 0.251 e. The third-order valence-electron chi connectivity index (χ3n) is 5.72. The first-order valence-electron chi connectivity index (χ1n) is 8.26. The number of fused-ring (bicyclic) bond motifs is 1. The standard InChI is InChI=1S/C17H22N6O/c1-10-11(6-23-7-12(5-20-23)15(18)24)4-19-16(21-10)22-8-13-14(9-22)17(13,2)3/h4-5,7,13-14H,6,8-9H2,1-3H3,(H2,18,24). The summed E-state index contributed by atoms with van der Waals surface area (Å²) in [6, 6.07) is 0. The van der Waals surface area contributed by atoms with Gasteiger partial charge < -0.3 is 10.6 Å². The van der Waals surface area contributed by atoms with Gasteiger partial charge in [0.2, 0.25) is 5.95 Å². The molecule has 1 amide bonds. The summed E-state index contributed by atoms with van der Waals surface area (Å²) in [5.74, 6) is 1.90. The Morgan fingerprint density at radius 2 is 2.04 bits per heavy atom. The molecule has 3 heterocycles. The number of carbonyl (C=O) groups is 1. The van der Waals surface area contributed by atoms with Crippen LogP contribution in [-0.4, -0.2) is 38.7 Å². The van der Waals surface area contributed by atoms with Crippen molar-refractivity contribution in [3.8, 4) is 0 Å². The summed E-state index contributed by atoms with van der Waals surface area (Å²) >= 11 is 0. The first-order valence-corrected chi connectivity index (χ1v) is 8.26. The number of rotatable bonds is 4. The van der Waals surface area contributed by atoms with E-state index in [0.29, 0.717) is 17.5 Å². The molecule has 0 radical (unpaired) electrons. The van der Waals surface area contributed by atoms with Gasteiger partial charge in [-0.2, -0.15) is 5.10 Å². The fourth-order valence-electron chi connectivity index (χ4n) is 3.83. The molecule has 2 aliphatic rings. The minimum atomic E-state index is -0.472. The van der Waals surface area contributed by atoms with Crippen LogP contribution in [0.2, 0.25) is 0 Å². The van der Waals surface area contributed by atoms with Crippen molar-refractivity contribution >= 4 is 11.9 Å². The van der Waals surface area contributed by atoms with Gasteiger partial charge in [0.15, 0.2) is 0 Å². The smallest absolute Gasteiger partial charge is 0.251 e. The average molecular weight is 326 g/mol. The topological polar surface area (TPSA) is 89.9 Å². The molecule has 2 aromatic rings. The van der Waals surface area contributed by atoms with E-state index in [1.54, 1.807) is 10.9 Å². The molecule has 4 rings (SSSR count). The van der Waals surface area contributed by atoms with E-state index in [0.717, 1.165) is 42.1 Å². The summed E-state index contributed by atoms with van der Waals surface area (Å²) in [4.78, 5) is 22.7. The molecule has 1 aliphatic heterocycles. The van der Waals surface area contributed by atoms with Gasteiger partial charge in [-0.05, 0) is 24.2 Å².